The highest BCUT2D eigenvalue weighted by atomic mass is 16.5. The number of rotatable bonds is 4. The van der Waals surface area contributed by atoms with E-state index in [1.165, 1.54) is 13.2 Å². The number of carbonyl (C=O) groups excluding carboxylic acids is 1. The van der Waals surface area contributed by atoms with Crippen LogP contribution in [0, 0.1) is 11.3 Å². The second-order valence-corrected chi connectivity index (χ2v) is 3.08. The summed E-state index contributed by atoms with van der Waals surface area (Å²) in [6.07, 6.45) is 0.676. The molecule has 7 heteroatoms. The molecule has 0 heterocycles. The molecule has 0 aliphatic heterocycles. The Morgan fingerprint density at radius 2 is 1.70 bits per heavy atom. The number of hydrogen-bond donors (Lipinski definition) is 2. The quantitative estimate of drug-likeness (QED) is 0.455. The molecule has 20 heavy (non-hydrogen) atoms. The lowest BCUT2D eigenvalue weighted by atomic mass is 10.2. The third-order valence-corrected chi connectivity index (χ3v) is 1.29. The average Bonchev–Trinajstić information content (AvgIpc) is 2.37. The fraction of sp³-hybridized carbons (Fsp3) is 0.231. The zero-order valence-corrected chi connectivity index (χ0v) is 11.4. The lowest BCUT2D eigenvalue weighted by Gasteiger charge is -1.91. The molecule has 2 N–H and O–H groups in total. The Balaban J connectivity index is -0.000000234. The Hall–Kier alpha value is -2.88. The topological polar surface area (TPSA) is 125 Å². The maximum absolute atomic E-state index is 10.2. The largest absolute Gasteiger partial charge is 0.481 e. The van der Waals surface area contributed by atoms with Gasteiger partial charge in [0.05, 0.1) is 19.6 Å². The van der Waals surface area contributed by atoms with E-state index in [9.17, 15) is 14.4 Å². The second-order valence-electron chi connectivity index (χ2n) is 3.08. The Bertz CT molecular complexity index is 431. The van der Waals surface area contributed by atoms with Crippen LogP contribution in [-0.4, -0.2) is 35.2 Å². The summed E-state index contributed by atoms with van der Waals surface area (Å²) in [6.45, 7) is 11.1. The maximum Gasteiger partial charge on any atom is 0.332 e. The smallest absolute Gasteiger partial charge is 0.332 e. The molecule has 0 amide bonds. The van der Waals surface area contributed by atoms with Crippen LogP contribution in [0.5, 0.6) is 0 Å². The summed E-state index contributed by atoms with van der Waals surface area (Å²) in [6, 6.07) is 1.69. The monoisotopic (exact) mass is 283 g/mol. The van der Waals surface area contributed by atoms with Crippen molar-refractivity contribution in [3.05, 3.63) is 37.0 Å². The van der Waals surface area contributed by atoms with Gasteiger partial charge in [-0.25, -0.2) is 9.59 Å². The molecular weight excluding hydrogens is 266 g/mol. The van der Waals surface area contributed by atoms with Crippen LogP contribution in [0.3, 0.4) is 0 Å². The van der Waals surface area contributed by atoms with E-state index in [1.807, 2.05) is 0 Å². The number of allylic oxidation sites excluding steroid dienone is 1. The molecule has 0 aromatic rings. The van der Waals surface area contributed by atoms with Crippen molar-refractivity contribution in [3.8, 4) is 6.07 Å². The van der Waals surface area contributed by atoms with Gasteiger partial charge in [-0.1, -0.05) is 19.7 Å². The number of nitriles is 1. The first-order valence-electron chi connectivity index (χ1n) is 5.01. The molecule has 0 aromatic heterocycles. The predicted octanol–water partition coefficient (Wildman–Crippen LogP) is 1.53. The maximum atomic E-state index is 10.2. The third-order valence-electron chi connectivity index (χ3n) is 1.29. The van der Waals surface area contributed by atoms with Gasteiger partial charge >= 0.3 is 17.9 Å². The first-order valence-corrected chi connectivity index (χ1v) is 5.01. The summed E-state index contributed by atoms with van der Waals surface area (Å²) in [5.41, 5.74) is 0.130. The Kier molecular flexibility index (Phi) is 15.8. The van der Waals surface area contributed by atoms with Crippen molar-refractivity contribution in [1.82, 2.24) is 0 Å². The van der Waals surface area contributed by atoms with Crippen LogP contribution in [0.4, 0.5) is 0 Å². The van der Waals surface area contributed by atoms with Crippen molar-refractivity contribution in [2.75, 3.05) is 7.11 Å². The molecule has 0 aromatic carbocycles. The summed E-state index contributed by atoms with van der Waals surface area (Å²) in [5, 5.41) is 23.6. The van der Waals surface area contributed by atoms with Crippen LogP contribution >= 0.6 is 0 Å². The fourth-order valence-electron chi connectivity index (χ4n) is 0.432. The molecular formula is C13H17NO6. The molecule has 0 saturated carbocycles. The third kappa shape index (κ3) is 20.5. The Labute approximate surface area is 117 Å². The van der Waals surface area contributed by atoms with Gasteiger partial charge in [0.1, 0.15) is 0 Å². The van der Waals surface area contributed by atoms with Crippen molar-refractivity contribution in [2.45, 2.75) is 13.3 Å². The molecule has 7 nitrogen and oxygen atoms in total. The van der Waals surface area contributed by atoms with Crippen molar-refractivity contribution in [3.63, 3.8) is 0 Å². The lowest BCUT2D eigenvalue weighted by Crippen LogP contribution is -2.04. The van der Waals surface area contributed by atoms with Crippen LogP contribution in [-0.2, 0) is 19.1 Å². The van der Waals surface area contributed by atoms with Gasteiger partial charge in [0.2, 0.25) is 0 Å². The van der Waals surface area contributed by atoms with E-state index in [2.05, 4.69) is 24.5 Å². The van der Waals surface area contributed by atoms with Gasteiger partial charge in [-0.05, 0) is 6.92 Å². The molecule has 0 fully saturated rings. The van der Waals surface area contributed by atoms with E-state index in [1.54, 1.807) is 13.0 Å². The molecule has 0 aliphatic rings. The van der Waals surface area contributed by atoms with Gasteiger partial charge < -0.3 is 14.9 Å². The number of ether oxygens (including phenoxy) is 1. The van der Waals surface area contributed by atoms with Gasteiger partial charge in [0.25, 0.3) is 0 Å². The van der Waals surface area contributed by atoms with E-state index in [0.29, 0.717) is 5.57 Å². The van der Waals surface area contributed by atoms with Gasteiger partial charge in [0, 0.05) is 17.2 Å². The minimum Gasteiger partial charge on any atom is -0.481 e. The fourth-order valence-corrected chi connectivity index (χ4v) is 0.432. The highest BCUT2D eigenvalue weighted by Gasteiger charge is 2.07. The van der Waals surface area contributed by atoms with Crippen molar-refractivity contribution in [1.29, 1.82) is 5.26 Å². The summed E-state index contributed by atoms with van der Waals surface area (Å²) in [4.78, 5) is 29.9. The van der Waals surface area contributed by atoms with Crippen molar-refractivity contribution in [2.24, 2.45) is 0 Å². The number of hydrogen-bond acceptors (Lipinski definition) is 5. The van der Waals surface area contributed by atoms with Crippen LogP contribution in [0.25, 0.3) is 0 Å². The molecule has 0 aliphatic carbocycles. The molecule has 0 radical (unpaired) electrons. The number of esters is 1. The van der Waals surface area contributed by atoms with E-state index in [4.69, 9.17) is 15.5 Å². The number of carboxylic acids is 2. The van der Waals surface area contributed by atoms with Gasteiger partial charge in [-0.2, -0.15) is 5.26 Å². The number of nitrogens with zero attached hydrogens (tertiary/aromatic N) is 1. The van der Waals surface area contributed by atoms with E-state index < -0.39 is 18.4 Å². The first kappa shape index (κ1) is 22.3. The van der Waals surface area contributed by atoms with Gasteiger partial charge in [-0.15, -0.1) is 0 Å². The van der Waals surface area contributed by atoms with Crippen molar-refractivity contribution < 1.29 is 29.3 Å². The minimum atomic E-state index is -1.27. The molecule has 0 bridgehead atoms. The summed E-state index contributed by atoms with van der Waals surface area (Å²) in [5.74, 6) is -2.79. The summed E-state index contributed by atoms with van der Waals surface area (Å²) in [7, 11) is 1.33. The first-order chi connectivity index (χ1) is 9.13. The molecule has 0 rings (SSSR count). The highest BCUT2D eigenvalue weighted by Crippen LogP contribution is 1.95. The zero-order valence-electron chi connectivity index (χ0n) is 11.4. The predicted molar refractivity (Wildman–Crippen MR) is 71.7 cm³/mol. The standard InChI is InChI=1S/C5H6O4.C5H8O2.C3H3N/c1-3(5(8)9)2-4(6)7;1-4(2)5(6)7-3;1-2-3-4/h1-2H2,(H,6,7)(H,8,9);1H2,2-3H3;2H,1H2. The van der Waals surface area contributed by atoms with E-state index in [0.717, 1.165) is 0 Å². The van der Waals surface area contributed by atoms with Crippen LogP contribution in [0.15, 0.2) is 37.0 Å². The Morgan fingerprint density at radius 3 is 1.75 bits per heavy atom. The number of carbonyl (C=O) groups is 3. The molecule has 0 spiro atoms. The van der Waals surface area contributed by atoms with Crippen LogP contribution in [0.2, 0.25) is 0 Å². The second kappa shape index (κ2) is 14.2. The van der Waals surface area contributed by atoms with Gasteiger partial charge in [-0.3, -0.25) is 4.79 Å². The number of carboxylic acid groups (broad SMARTS) is 2. The SMILES string of the molecule is C=C(C)C(=O)OC.C=C(CC(=O)O)C(=O)O.C=CC#N. The number of methoxy groups -OCH3 is 1. The summed E-state index contributed by atoms with van der Waals surface area (Å²) < 4.78 is 4.27. The van der Waals surface area contributed by atoms with Crippen LogP contribution in [0.1, 0.15) is 13.3 Å². The Morgan fingerprint density at radius 1 is 1.30 bits per heavy atom. The van der Waals surface area contributed by atoms with Crippen LogP contribution < -0.4 is 0 Å². The average molecular weight is 283 g/mol. The molecule has 0 saturated heterocycles. The summed E-state index contributed by atoms with van der Waals surface area (Å²) >= 11 is 0. The highest BCUT2D eigenvalue weighted by molar-refractivity contribution is 5.91. The van der Waals surface area contributed by atoms with Gasteiger partial charge in [0.15, 0.2) is 0 Å². The normalized spacial score (nSPS) is 7.25. The minimum absolute atomic E-state index is 0.303. The zero-order chi connectivity index (χ0) is 16.7. The van der Waals surface area contributed by atoms with E-state index >= 15 is 0 Å². The lowest BCUT2D eigenvalue weighted by molar-refractivity contribution is -0.139. The molecule has 0 atom stereocenters. The molecule has 0 unspecified atom stereocenters. The van der Waals surface area contributed by atoms with E-state index in [-0.39, 0.29) is 11.5 Å². The van der Waals surface area contributed by atoms with Crippen molar-refractivity contribution >= 4 is 17.9 Å². The molecule has 110 valence electrons. The number of aliphatic carboxylic acids is 2.